The lowest BCUT2D eigenvalue weighted by atomic mass is 10.2. The molecule has 0 bridgehead atoms. The van der Waals surface area contributed by atoms with Gasteiger partial charge in [0.1, 0.15) is 5.75 Å². The van der Waals surface area contributed by atoms with Crippen LogP contribution in [-0.4, -0.2) is 40.0 Å². The highest BCUT2D eigenvalue weighted by molar-refractivity contribution is 6.33. The number of hydrogen-bond donors (Lipinski definition) is 2. The highest BCUT2D eigenvalue weighted by atomic mass is 16.6. The van der Waals surface area contributed by atoms with Crippen LogP contribution >= 0.6 is 0 Å². The van der Waals surface area contributed by atoms with Crippen LogP contribution < -0.4 is 4.65 Å². The van der Waals surface area contributed by atoms with Crippen molar-refractivity contribution in [2.24, 2.45) is 0 Å². The molecule has 8 heteroatoms. The molecule has 0 saturated carbocycles. The summed E-state index contributed by atoms with van der Waals surface area (Å²) in [5, 5.41) is 17.5. The van der Waals surface area contributed by atoms with Crippen LogP contribution in [0.25, 0.3) is 11.0 Å². The molecule has 0 spiro atoms. The summed E-state index contributed by atoms with van der Waals surface area (Å²) in [6.07, 6.45) is 1.70. The highest BCUT2D eigenvalue weighted by Crippen LogP contribution is 2.18. The summed E-state index contributed by atoms with van der Waals surface area (Å²) < 4.78 is 11.4. The van der Waals surface area contributed by atoms with Crippen LogP contribution in [0, 0.1) is 0 Å². The minimum absolute atomic E-state index is 0.368. The zero-order chi connectivity index (χ0) is 17.1. The smallest absolute Gasteiger partial charge is 0.512 e. The maximum Gasteiger partial charge on any atom is 0.707 e. The number of imidazole rings is 1. The van der Waals surface area contributed by atoms with E-state index in [2.05, 4.69) is 4.98 Å². The third-order valence-electron chi connectivity index (χ3n) is 3.56. The second-order valence-corrected chi connectivity index (χ2v) is 5.16. The van der Waals surface area contributed by atoms with Crippen molar-refractivity contribution >= 4 is 24.3 Å². The van der Waals surface area contributed by atoms with Gasteiger partial charge in [-0.2, -0.15) is 0 Å². The second-order valence-electron chi connectivity index (χ2n) is 5.16. The van der Waals surface area contributed by atoms with Crippen LogP contribution in [0.1, 0.15) is 15.9 Å². The monoisotopic (exact) mass is 326 g/mol. The van der Waals surface area contributed by atoms with Crippen LogP contribution in [-0.2, 0) is 11.3 Å². The van der Waals surface area contributed by atoms with Gasteiger partial charge in [-0.15, -0.1) is 0 Å². The van der Waals surface area contributed by atoms with Gasteiger partial charge in [-0.1, -0.05) is 12.1 Å². The van der Waals surface area contributed by atoms with E-state index in [-0.39, 0.29) is 0 Å². The Bertz CT molecular complexity index is 861. The fourth-order valence-electron chi connectivity index (χ4n) is 2.43. The van der Waals surface area contributed by atoms with E-state index in [0.29, 0.717) is 23.4 Å². The first kappa shape index (κ1) is 16.0. The van der Waals surface area contributed by atoms with Crippen LogP contribution in [0.2, 0.25) is 0 Å². The molecular formula is C16H15BN2O5. The Morgan fingerprint density at radius 2 is 1.96 bits per heavy atom. The zero-order valence-corrected chi connectivity index (χ0v) is 12.9. The highest BCUT2D eigenvalue weighted by Gasteiger charge is 2.11. The fraction of sp³-hybridized carbons (Fsp3) is 0.125. The Balaban J connectivity index is 1.81. The molecule has 0 aliphatic heterocycles. The Hall–Kier alpha value is -2.84. The third-order valence-corrected chi connectivity index (χ3v) is 3.56. The van der Waals surface area contributed by atoms with Crippen LogP contribution in [0.5, 0.6) is 5.75 Å². The predicted molar refractivity (Wildman–Crippen MR) is 87.4 cm³/mol. The van der Waals surface area contributed by atoms with Crippen molar-refractivity contribution in [3.63, 3.8) is 0 Å². The normalized spacial score (nSPS) is 10.6. The number of fused-ring (bicyclic) bond motifs is 1. The van der Waals surface area contributed by atoms with E-state index >= 15 is 0 Å². The van der Waals surface area contributed by atoms with E-state index in [1.54, 1.807) is 30.6 Å². The molecule has 0 radical (unpaired) electrons. The van der Waals surface area contributed by atoms with Gasteiger partial charge in [-0.05, 0) is 35.9 Å². The molecule has 24 heavy (non-hydrogen) atoms. The van der Waals surface area contributed by atoms with Gasteiger partial charge in [0, 0.05) is 6.54 Å². The number of methoxy groups -OCH3 is 1. The molecule has 3 rings (SSSR count). The van der Waals surface area contributed by atoms with Gasteiger partial charge in [0.15, 0.2) is 0 Å². The first-order valence-electron chi connectivity index (χ1n) is 7.22. The third kappa shape index (κ3) is 3.39. The summed E-state index contributed by atoms with van der Waals surface area (Å²) in [6, 6.07) is 12.2. The van der Waals surface area contributed by atoms with E-state index < -0.39 is 13.3 Å². The van der Waals surface area contributed by atoms with Crippen LogP contribution in [0.3, 0.4) is 0 Å². The molecule has 7 nitrogen and oxygen atoms in total. The lowest BCUT2D eigenvalue weighted by Gasteiger charge is -2.08. The first-order chi connectivity index (χ1) is 11.6. The molecule has 0 amide bonds. The largest absolute Gasteiger partial charge is 0.707 e. The topological polar surface area (TPSA) is 93.8 Å². The first-order valence-corrected chi connectivity index (χ1v) is 7.22. The SMILES string of the molecule is COC(=O)c1ccc2c(c1)ncn2Cc1ccc(OB(O)O)cc1. The summed E-state index contributed by atoms with van der Waals surface area (Å²) in [7, 11) is -0.494. The van der Waals surface area contributed by atoms with Gasteiger partial charge in [0.2, 0.25) is 0 Å². The molecule has 0 saturated heterocycles. The second kappa shape index (κ2) is 6.73. The fourth-order valence-corrected chi connectivity index (χ4v) is 2.43. The van der Waals surface area contributed by atoms with Gasteiger partial charge in [0.05, 0.1) is 30.0 Å². The van der Waals surface area contributed by atoms with E-state index in [1.165, 1.54) is 7.11 Å². The molecule has 2 aromatic carbocycles. The lowest BCUT2D eigenvalue weighted by Crippen LogP contribution is -2.20. The molecule has 0 atom stereocenters. The van der Waals surface area contributed by atoms with E-state index in [1.807, 2.05) is 22.8 Å². The Labute approximate surface area is 138 Å². The van der Waals surface area contributed by atoms with Crippen molar-refractivity contribution in [3.8, 4) is 5.75 Å². The molecule has 1 heterocycles. The summed E-state index contributed by atoms with van der Waals surface area (Å²) in [6.45, 7) is 0.579. The maximum atomic E-state index is 11.6. The summed E-state index contributed by atoms with van der Waals surface area (Å²) >= 11 is 0. The van der Waals surface area contributed by atoms with Gasteiger partial charge in [-0.3, -0.25) is 0 Å². The Kier molecular flexibility index (Phi) is 4.50. The summed E-state index contributed by atoms with van der Waals surface area (Å²) in [5.74, 6) is -0.0277. The number of rotatable bonds is 5. The Morgan fingerprint density at radius 1 is 1.21 bits per heavy atom. The van der Waals surface area contributed by atoms with Gasteiger partial charge < -0.3 is 24.0 Å². The van der Waals surface area contributed by atoms with Crippen molar-refractivity contribution in [2.45, 2.75) is 6.54 Å². The van der Waals surface area contributed by atoms with Crippen molar-refractivity contribution in [3.05, 3.63) is 59.9 Å². The maximum absolute atomic E-state index is 11.6. The summed E-state index contributed by atoms with van der Waals surface area (Å²) in [5.41, 5.74) is 3.06. The van der Waals surface area contributed by atoms with Crippen molar-refractivity contribution in [2.75, 3.05) is 7.11 Å². The van der Waals surface area contributed by atoms with Gasteiger partial charge in [0.25, 0.3) is 0 Å². The number of esters is 1. The molecular weight excluding hydrogens is 311 g/mol. The Morgan fingerprint density at radius 3 is 2.62 bits per heavy atom. The van der Waals surface area contributed by atoms with Crippen LogP contribution in [0.4, 0.5) is 0 Å². The molecule has 2 N–H and O–H groups in total. The standard InChI is InChI=1S/C16H15BN2O5/c1-23-16(20)12-4-7-15-14(8-12)18-10-19(15)9-11-2-5-13(6-3-11)24-17(21)22/h2-8,10,21-22H,9H2,1H3. The minimum atomic E-state index is -1.84. The zero-order valence-electron chi connectivity index (χ0n) is 12.9. The van der Waals surface area contributed by atoms with Crippen molar-refractivity contribution in [1.82, 2.24) is 9.55 Å². The number of hydrogen-bond acceptors (Lipinski definition) is 6. The molecule has 0 aliphatic carbocycles. The molecule has 0 fully saturated rings. The van der Waals surface area contributed by atoms with E-state index in [4.69, 9.17) is 19.4 Å². The predicted octanol–water partition coefficient (Wildman–Crippen LogP) is 1.22. The molecule has 0 aliphatic rings. The molecule has 122 valence electrons. The lowest BCUT2D eigenvalue weighted by molar-refractivity contribution is 0.0601. The summed E-state index contributed by atoms with van der Waals surface area (Å²) in [4.78, 5) is 15.9. The molecule has 0 unspecified atom stereocenters. The van der Waals surface area contributed by atoms with Crippen LogP contribution in [0.15, 0.2) is 48.8 Å². The average molecular weight is 326 g/mol. The quantitative estimate of drug-likeness (QED) is 0.541. The van der Waals surface area contributed by atoms with Crippen molar-refractivity contribution < 1.29 is 24.2 Å². The van der Waals surface area contributed by atoms with E-state index in [0.717, 1.165) is 11.1 Å². The molecule has 3 aromatic rings. The number of benzene rings is 2. The number of carbonyl (C=O) groups is 1. The van der Waals surface area contributed by atoms with Gasteiger partial charge >= 0.3 is 13.3 Å². The number of ether oxygens (including phenoxy) is 1. The number of carbonyl (C=O) groups excluding carboxylic acids is 1. The average Bonchev–Trinajstić information content (AvgIpc) is 2.97. The minimum Gasteiger partial charge on any atom is -0.512 e. The number of nitrogens with zero attached hydrogens (tertiary/aromatic N) is 2. The molecule has 1 aromatic heterocycles. The van der Waals surface area contributed by atoms with Crippen molar-refractivity contribution in [1.29, 1.82) is 0 Å². The van der Waals surface area contributed by atoms with E-state index in [9.17, 15) is 4.79 Å². The number of aromatic nitrogens is 2. The van der Waals surface area contributed by atoms with Gasteiger partial charge in [-0.25, -0.2) is 9.78 Å².